The maximum absolute atomic E-state index is 13.5. The number of halogens is 1. The number of aliphatic imine (C=N–C) groups is 1. The fraction of sp³-hybridized carbons (Fsp3) is 0.333. The monoisotopic (exact) mass is 217 g/mol. The molecule has 0 aromatic rings. The maximum atomic E-state index is 13.5. The second-order valence-corrected chi connectivity index (χ2v) is 3.90. The minimum atomic E-state index is -0.430. The molecule has 0 amide bonds. The second-order valence-electron chi connectivity index (χ2n) is 3.90. The van der Waals surface area contributed by atoms with E-state index in [-0.39, 0.29) is 5.76 Å². The Morgan fingerprint density at radius 1 is 1.56 bits per heavy atom. The van der Waals surface area contributed by atoms with Gasteiger partial charge in [0.25, 0.3) is 0 Å². The summed E-state index contributed by atoms with van der Waals surface area (Å²) in [7, 11) is 0. The molecular weight excluding hydrogens is 204 g/mol. The molecule has 0 aromatic heterocycles. The van der Waals surface area contributed by atoms with Gasteiger partial charge in [0.15, 0.2) is 0 Å². The number of hydrogen-bond donors (Lipinski definition) is 1. The van der Waals surface area contributed by atoms with Crippen molar-refractivity contribution in [1.29, 1.82) is 0 Å². The fourth-order valence-electron chi connectivity index (χ4n) is 2.05. The quantitative estimate of drug-likeness (QED) is 0.708. The van der Waals surface area contributed by atoms with E-state index in [2.05, 4.69) is 11.5 Å². The molecule has 1 aliphatic carbocycles. The van der Waals surface area contributed by atoms with Gasteiger partial charge in [-0.3, -0.25) is 0 Å². The van der Waals surface area contributed by atoms with Gasteiger partial charge in [-0.05, 0) is 0 Å². The van der Waals surface area contributed by atoms with Crippen LogP contribution in [0, 0.1) is 5.92 Å². The van der Waals surface area contributed by atoms with Crippen molar-refractivity contribution < 1.29 is 9.50 Å². The first-order valence-electron chi connectivity index (χ1n) is 5.37. The molecule has 1 aliphatic heterocycles. The van der Waals surface area contributed by atoms with Crippen LogP contribution < -0.4 is 0 Å². The van der Waals surface area contributed by atoms with Gasteiger partial charge in [0.05, 0.1) is 0 Å². The van der Waals surface area contributed by atoms with E-state index in [0.29, 0.717) is 12.0 Å². The Bertz CT molecular complexity index is 434. The van der Waals surface area contributed by atoms with Gasteiger partial charge in [-0.15, -0.1) is 0 Å². The zero-order valence-corrected chi connectivity index (χ0v) is 8.99. The normalized spacial score (nSPS) is 24.9. The van der Waals surface area contributed by atoms with Gasteiger partial charge in [0.2, 0.25) is 0 Å². The van der Waals surface area contributed by atoms with Crippen molar-refractivity contribution in [3.8, 4) is 0 Å². The van der Waals surface area contributed by atoms with Crippen LogP contribution in [0.2, 0.25) is 0 Å². The Morgan fingerprint density at radius 2 is 2.38 bits per heavy atom. The molecule has 0 bridgehead atoms. The Hall–Kier alpha value is -1.45. The number of aliphatic hydroxyl groups is 1. The summed E-state index contributed by atoms with van der Waals surface area (Å²) in [6.07, 6.45) is 7.29. The summed E-state index contributed by atoms with van der Waals surface area (Å²) in [6.45, 7) is 5.29. The minimum absolute atomic E-state index is 0.173. The van der Waals surface area contributed by atoms with Crippen LogP contribution in [0.1, 0.15) is 19.3 Å². The van der Waals surface area contributed by atoms with Gasteiger partial charge in [0, 0.05) is 0 Å². The number of rotatable bonds is 2. The number of nitrogens with zero attached hydrogens (tertiary/aromatic N) is 1. The van der Waals surface area contributed by atoms with E-state index < -0.39 is 11.9 Å². The zero-order valence-electron chi connectivity index (χ0n) is 8.99. The van der Waals surface area contributed by atoms with Crippen LogP contribution >= 0.6 is 0 Å². The topological polar surface area (TPSA) is 32.6 Å². The number of aliphatic hydroxyl groups excluding tert-OH is 1. The molecule has 0 fully saturated rings. The molecule has 1 N–H and O–H groups in total. The molecule has 1 unspecified atom stereocenters. The molecule has 0 radical (unpaired) electrons. The molecule has 0 aromatic carbocycles. The summed E-state index contributed by atoms with van der Waals surface area (Å²) < 4.78 is 13.5. The van der Waals surface area contributed by atoms with E-state index in [1.807, 2.05) is 12.2 Å². The molecule has 0 saturated heterocycles. The van der Waals surface area contributed by atoms with Crippen LogP contribution in [0.15, 0.2) is 40.1 Å². The van der Waals surface area contributed by atoms with E-state index in [1.54, 1.807) is 6.92 Å². The van der Waals surface area contributed by atoms with Crippen molar-refractivity contribution in [2.24, 2.45) is 10.9 Å². The SMILES string of the molecule is C=BC1=C(O)C(C2CC=CN=C2F)=CCC1. The third kappa shape index (κ3) is 1.92. The Balaban J connectivity index is 2.31. The predicted molar refractivity (Wildman–Crippen MR) is 65.6 cm³/mol. The second kappa shape index (κ2) is 4.60. The van der Waals surface area contributed by atoms with Gasteiger partial charge in [0.1, 0.15) is 0 Å². The van der Waals surface area contributed by atoms with E-state index in [9.17, 15) is 9.50 Å². The molecule has 0 spiro atoms. The van der Waals surface area contributed by atoms with E-state index in [0.717, 1.165) is 18.3 Å². The summed E-state index contributed by atoms with van der Waals surface area (Å²) in [5, 5.41) is 9.99. The summed E-state index contributed by atoms with van der Waals surface area (Å²) in [5.41, 5.74) is 1.44. The zero-order chi connectivity index (χ0) is 11.5. The van der Waals surface area contributed by atoms with Gasteiger partial charge >= 0.3 is 94.2 Å². The summed E-state index contributed by atoms with van der Waals surface area (Å²) >= 11 is 0. The first-order chi connectivity index (χ1) is 7.74. The van der Waals surface area contributed by atoms with Crippen LogP contribution in [-0.2, 0) is 0 Å². The van der Waals surface area contributed by atoms with Crippen LogP contribution in [0.3, 0.4) is 0 Å². The van der Waals surface area contributed by atoms with E-state index in [1.165, 1.54) is 6.20 Å². The van der Waals surface area contributed by atoms with Gasteiger partial charge in [-0.25, -0.2) is 0 Å². The standard InChI is InChI=1S/C12H13BFNO/c1-13-10-6-2-4-8(11(10)16)9-5-3-7-15-12(9)14/h3-4,7,9,16H,1-2,5-6H2. The van der Waals surface area contributed by atoms with Crippen molar-refractivity contribution >= 4 is 19.4 Å². The third-order valence-electron chi connectivity index (χ3n) is 2.94. The molecule has 2 nitrogen and oxygen atoms in total. The van der Waals surface area contributed by atoms with Crippen LogP contribution in [0.5, 0.6) is 0 Å². The average molecular weight is 217 g/mol. The summed E-state index contributed by atoms with van der Waals surface area (Å²) in [5.74, 6) is -0.683. The molecule has 1 heterocycles. The fourth-order valence-corrected chi connectivity index (χ4v) is 2.05. The molecule has 2 aliphatic rings. The van der Waals surface area contributed by atoms with Gasteiger partial charge < -0.3 is 0 Å². The number of hydrogen-bond acceptors (Lipinski definition) is 2. The van der Waals surface area contributed by atoms with E-state index in [4.69, 9.17) is 0 Å². The van der Waals surface area contributed by atoms with Crippen LogP contribution in [0.25, 0.3) is 0 Å². The molecular formula is C12H13BFNO. The van der Waals surface area contributed by atoms with Crippen molar-refractivity contribution in [3.63, 3.8) is 0 Å². The molecule has 0 saturated carbocycles. The Labute approximate surface area is 94.8 Å². The first kappa shape index (κ1) is 11.1. The number of allylic oxidation sites excluding steroid dienone is 4. The predicted octanol–water partition coefficient (Wildman–Crippen LogP) is 2.51. The van der Waals surface area contributed by atoms with Crippen LogP contribution in [-0.4, -0.2) is 24.5 Å². The van der Waals surface area contributed by atoms with Gasteiger partial charge in [-0.1, -0.05) is 0 Å². The average Bonchev–Trinajstić information content (AvgIpc) is 2.31. The van der Waals surface area contributed by atoms with E-state index >= 15 is 0 Å². The molecule has 1 atom stereocenters. The summed E-state index contributed by atoms with van der Waals surface area (Å²) in [6, 6.07) is 0. The van der Waals surface area contributed by atoms with Crippen molar-refractivity contribution in [2.45, 2.75) is 19.3 Å². The molecule has 82 valence electrons. The van der Waals surface area contributed by atoms with Gasteiger partial charge in [-0.2, -0.15) is 0 Å². The summed E-state index contributed by atoms with van der Waals surface area (Å²) in [4.78, 5) is 3.64. The molecule has 4 heteroatoms. The molecule has 2 rings (SSSR count). The third-order valence-corrected chi connectivity index (χ3v) is 2.94. The Morgan fingerprint density at radius 3 is 3.06 bits per heavy atom. The van der Waals surface area contributed by atoms with Crippen LogP contribution in [0.4, 0.5) is 4.39 Å². The molecule has 16 heavy (non-hydrogen) atoms. The van der Waals surface area contributed by atoms with Crippen molar-refractivity contribution in [3.05, 3.63) is 35.2 Å². The van der Waals surface area contributed by atoms with Crippen molar-refractivity contribution in [1.82, 2.24) is 0 Å². The van der Waals surface area contributed by atoms with Crippen molar-refractivity contribution in [2.75, 3.05) is 0 Å². The first-order valence-corrected chi connectivity index (χ1v) is 5.37. The Kier molecular flexibility index (Phi) is 3.18.